The average Bonchev–Trinajstić information content (AvgIpc) is 3.26. The van der Waals surface area contributed by atoms with Crippen LogP contribution < -0.4 is 9.64 Å². The lowest BCUT2D eigenvalue weighted by molar-refractivity contribution is -0.917. The fraction of sp³-hybridized carbons (Fsp3) is 0.304. The highest BCUT2D eigenvalue weighted by molar-refractivity contribution is 7.71. The van der Waals surface area contributed by atoms with Gasteiger partial charge in [-0.3, -0.25) is 0 Å². The van der Waals surface area contributed by atoms with Crippen molar-refractivity contribution in [3.63, 3.8) is 0 Å². The van der Waals surface area contributed by atoms with Gasteiger partial charge < -0.3 is 18.6 Å². The van der Waals surface area contributed by atoms with Gasteiger partial charge in [0.1, 0.15) is 23.6 Å². The quantitative estimate of drug-likeness (QED) is 0.462. The van der Waals surface area contributed by atoms with Crippen LogP contribution in [-0.4, -0.2) is 28.5 Å². The first-order valence-electron chi connectivity index (χ1n) is 10.1. The molecule has 0 aliphatic carbocycles. The van der Waals surface area contributed by atoms with Crippen molar-refractivity contribution in [2.24, 2.45) is 7.05 Å². The summed E-state index contributed by atoms with van der Waals surface area (Å²) >= 11 is 5.68. The molecule has 2 aromatic heterocycles. The van der Waals surface area contributed by atoms with E-state index in [9.17, 15) is 0 Å². The Morgan fingerprint density at radius 1 is 1.13 bits per heavy atom. The van der Waals surface area contributed by atoms with Crippen LogP contribution in [0.15, 0.2) is 52.9 Å². The molecule has 0 bridgehead atoms. The van der Waals surface area contributed by atoms with Crippen LogP contribution in [-0.2, 0) is 26.7 Å². The number of nitrogens with zero attached hydrogens (tertiary/aromatic N) is 3. The lowest BCUT2D eigenvalue weighted by Crippen LogP contribution is -3.07. The van der Waals surface area contributed by atoms with Gasteiger partial charge in [-0.1, -0.05) is 37.3 Å². The van der Waals surface area contributed by atoms with Crippen molar-refractivity contribution in [3.8, 4) is 17.1 Å². The number of hydrogen-bond acceptors (Lipinski definition) is 4. The number of rotatable bonds is 7. The standard InChI is InChI=1S/C23H26N4O2S/c1-5-19-18(16-10-6-9-13-21(16)29-19)14-25(2)15-27-23(30)26(3)22(24-27)17-11-7-8-12-20(17)28-4/h6-13H,5,14-15H2,1-4H3/p+1. The van der Waals surface area contributed by atoms with Gasteiger partial charge in [0.15, 0.2) is 12.5 Å². The van der Waals surface area contributed by atoms with Crippen molar-refractivity contribution in [2.75, 3.05) is 14.2 Å². The van der Waals surface area contributed by atoms with Gasteiger partial charge in [-0.2, -0.15) is 4.68 Å². The van der Waals surface area contributed by atoms with Gasteiger partial charge >= 0.3 is 0 Å². The summed E-state index contributed by atoms with van der Waals surface area (Å²) in [6.45, 7) is 3.62. The molecule has 0 amide bonds. The van der Waals surface area contributed by atoms with Gasteiger partial charge in [0.2, 0.25) is 4.77 Å². The molecule has 0 radical (unpaired) electrons. The van der Waals surface area contributed by atoms with Crippen LogP contribution in [0.2, 0.25) is 0 Å². The van der Waals surface area contributed by atoms with Crippen molar-refractivity contribution >= 4 is 23.2 Å². The molecule has 30 heavy (non-hydrogen) atoms. The van der Waals surface area contributed by atoms with Crippen LogP contribution in [0.25, 0.3) is 22.4 Å². The van der Waals surface area contributed by atoms with Crippen LogP contribution in [0, 0.1) is 4.77 Å². The molecule has 2 aromatic carbocycles. The fourth-order valence-electron chi connectivity index (χ4n) is 3.90. The fourth-order valence-corrected chi connectivity index (χ4v) is 4.09. The molecule has 0 aliphatic rings. The highest BCUT2D eigenvalue weighted by Gasteiger charge is 2.19. The van der Waals surface area contributed by atoms with Crippen LogP contribution in [0.1, 0.15) is 18.2 Å². The first kappa shape index (κ1) is 20.4. The van der Waals surface area contributed by atoms with E-state index in [-0.39, 0.29) is 0 Å². The Labute approximate surface area is 181 Å². The molecule has 0 saturated carbocycles. The second-order valence-corrected chi connectivity index (χ2v) is 7.88. The molecular formula is C23H27N4O2S+. The SMILES string of the molecule is CCc1oc2ccccc2c1C[NH+](C)Cn1nc(-c2ccccc2OC)n(C)c1=S. The number of methoxy groups -OCH3 is 1. The van der Waals surface area contributed by atoms with E-state index < -0.39 is 0 Å². The molecule has 4 aromatic rings. The second-order valence-electron chi connectivity index (χ2n) is 7.51. The van der Waals surface area contributed by atoms with Crippen molar-refractivity contribution in [2.45, 2.75) is 26.6 Å². The first-order chi connectivity index (χ1) is 14.5. The average molecular weight is 424 g/mol. The zero-order valence-electron chi connectivity index (χ0n) is 17.8. The number of aryl methyl sites for hydroxylation is 1. The van der Waals surface area contributed by atoms with Crippen molar-refractivity contribution < 1.29 is 14.1 Å². The minimum absolute atomic E-state index is 0.657. The molecule has 7 heteroatoms. The molecule has 2 heterocycles. The van der Waals surface area contributed by atoms with Gasteiger partial charge in [0.05, 0.1) is 25.3 Å². The molecule has 0 aliphatic heterocycles. The van der Waals surface area contributed by atoms with E-state index >= 15 is 0 Å². The van der Waals surface area contributed by atoms with E-state index in [0.717, 1.165) is 41.4 Å². The number of furan rings is 1. The number of benzene rings is 2. The number of nitrogens with one attached hydrogen (secondary N) is 1. The predicted octanol–water partition coefficient (Wildman–Crippen LogP) is 3.61. The Kier molecular flexibility index (Phi) is 5.74. The van der Waals surface area contributed by atoms with Crippen LogP contribution in [0.3, 0.4) is 0 Å². The number of quaternary nitrogens is 1. The van der Waals surface area contributed by atoms with Gasteiger partial charge in [0, 0.05) is 18.9 Å². The second kappa shape index (κ2) is 8.45. The van der Waals surface area contributed by atoms with E-state index in [1.807, 2.05) is 52.7 Å². The van der Waals surface area contributed by atoms with Crippen LogP contribution in [0.4, 0.5) is 0 Å². The van der Waals surface area contributed by atoms with Gasteiger partial charge in [-0.15, -0.1) is 5.10 Å². The lowest BCUT2D eigenvalue weighted by atomic mass is 10.1. The molecule has 1 N–H and O–H groups in total. The molecule has 0 fully saturated rings. The van der Waals surface area contributed by atoms with Gasteiger partial charge in [-0.05, 0) is 30.4 Å². The third-order valence-electron chi connectivity index (χ3n) is 5.39. The highest BCUT2D eigenvalue weighted by Crippen LogP contribution is 2.28. The summed E-state index contributed by atoms with van der Waals surface area (Å²) in [6.07, 6.45) is 0.873. The first-order valence-corrected chi connectivity index (χ1v) is 10.5. The summed E-state index contributed by atoms with van der Waals surface area (Å²) in [5.41, 5.74) is 3.14. The number of hydrogen-bond donors (Lipinski definition) is 1. The molecular weight excluding hydrogens is 396 g/mol. The smallest absolute Gasteiger partial charge is 0.202 e. The Bertz CT molecular complexity index is 1240. The molecule has 0 saturated heterocycles. The van der Waals surface area contributed by atoms with Crippen molar-refractivity contribution in [1.29, 1.82) is 0 Å². The normalized spacial score (nSPS) is 12.4. The number of aromatic nitrogens is 3. The Balaban J connectivity index is 1.62. The van der Waals surface area contributed by atoms with E-state index in [2.05, 4.69) is 26.1 Å². The highest BCUT2D eigenvalue weighted by atomic mass is 32.1. The number of para-hydroxylation sites is 2. The zero-order chi connectivity index (χ0) is 21.3. The summed E-state index contributed by atoms with van der Waals surface area (Å²) in [5.74, 6) is 2.63. The summed E-state index contributed by atoms with van der Waals surface area (Å²) in [6, 6.07) is 16.1. The maximum Gasteiger partial charge on any atom is 0.202 e. The molecule has 1 unspecified atom stereocenters. The van der Waals surface area contributed by atoms with Gasteiger partial charge in [0.25, 0.3) is 0 Å². The Morgan fingerprint density at radius 3 is 2.63 bits per heavy atom. The lowest BCUT2D eigenvalue weighted by Gasteiger charge is -2.14. The van der Waals surface area contributed by atoms with Crippen LogP contribution in [0.5, 0.6) is 5.75 Å². The van der Waals surface area contributed by atoms with Crippen molar-refractivity contribution in [3.05, 3.63) is 64.6 Å². The zero-order valence-corrected chi connectivity index (χ0v) is 18.6. The monoisotopic (exact) mass is 423 g/mol. The molecule has 6 nitrogen and oxygen atoms in total. The number of fused-ring (bicyclic) bond motifs is 1. The van der Waals surface area contributed by atoms with Crippen LogP contribution >= 0.6 is 12.2 Å². The third kappa shape index (κ3) is 3.66. The molecule has 1 atom stereocenters. The van der Waals surface area contributed by atoms with Crippen molar-refractivity contribution in [1.82, 2.24) is 14.3 Å². The summed E-state index contributed by atoms with van der Waals surface area (Å²) < 4.78 is 16.1. The van der Waals surface area contributed by atoms with Gasteiger partial charge in [-0.25, -0.2) is 0 Å². The van der Waals surface area contributed by atoms with E-state index in [1.54, 1.807) is 7.11 Å². The van der Waals surface area contributed by atoms with E-state index in [4.69, 9.17) is 26.5 Å². The Morgan fingerprint density at radius 2 is 1.87 bits per heavy atom. The van der Waals surface area contributed by atoms with E-state index in [0.29, 0.717) is 11.4 Å². The minimum Gasteiger partial charge on any atom is -0.496 e. The minimum atomic E-state index is 0.657. The van der Waals surface area contributed by atoms with E-state index in [1.165, 1.54) is 15.8 Å². The number of ether oxygens (including phenoxy) is 1. The Hall–Kier alpha value is -2.90. The maximum absolute atomic E-state index is 6.06. The molecule has 0 spiro atoms. The third-order valence-corrected chi connectivity index (χ3v) is 5.87. The summed E-state index contributed by atoms with van der Waals surface area (Å²) in [7, 11) is 5.77. The maximum atomic E-state index is 6.06. The summed E-state index contributed by atoms with van der Waals surface area (Å²) in [4.78, 5) is 1.28. The topological polar surface area (TPSA) is 49.6 Å². The largest absolute Gasteiger partial charge is 0.496 e. The molecule has 4 rings (SSSR count). The molecule has 156 valence electrons. The predicted molar refractivity (Wildman–Crippen MR) is 120 cm³/mol. The summed E-state index contributed by atoms with van der Waals surface area (Å²) in [5, 5.41) is 6.00.